The molecule has 21 heavy (non-hydrogen) atoms. The minimum absolute atomic E-state index is 0.0876. The van der Waals surface area contributed by atoms with Gasteiger partial charge in [0.25, 0.3) is 0 Å². The lowest BCUT2D eigenvalue weighted by molar-refractivity contribution is -0.121. The van der Waals surface area contributed by atoms with Crippen molar-refractivity contribution in [3.63, 3.8) is 0 Å². The Labute approximate surface area is 140 Å². The van der Waals surface area contributed by atoms with Crippen molar-refractivity contribution in [3.8, 4) is 0 Å². The Balaban J connectivity index is 1.71. The Morgan fingerprint density at radius 1 is 1.52 bits per heavy atom. The SMILES string of the molecule is O=C(CCCn1c(=S)[nH]c2cc(I)c(F)cc21)NC1CC1. The lowest BCUT2D eigenvalue weighted by atomic mass is 10.2. The molecule has 2 N–H and O–H groups in total. The minimum atomic E-state index is -0.252. The van der Waals surface area contributed by atoms with Crippen LogP contribution in [0.3, 0.4) is 0 Å². The molecule has 1 fully saturated rings. The number of amides is 1. The summed E-state index contributed by atoms with van der Waals surface area (Å²) >= 11 is 7.24. The van der Waals surface area contributed by atoms with E-state index in [0.29, 0.717) is 33.8 Å². The van der Waals surface area contributed by atoms with E-state index in [1.165, 1.54) is 6.07 Å². The normalized spacial score (nSPS) is 14.6. The largest absolute Gasteiger partial charge is 0.353 e. The number of halogens is 2. The van der Waals surface area contributed by atoms with Gasteiger partial charge in [-0.05, 0) is 60.1 Å². The molecule has 3 rings (SSSR count). The predicted molar refractivity (Wildman–Crippen MR) is 90.2 cm³/mol. The number of aromatic nitrogens is 2. The van der Waals surface area contributed by atoms with Gasteiger partial charge in [-0.1, -0.05) is 0 Å². The summed E-state index contributed by atoms with van der Waals surface area (Å²) < 4.78 is 16.7. The molecule has 7 heteroatoms. The number of hydrogen-bond acceptors (Lipinski definition) is 2. The van der Waals surface area contributed by atoms with E-state index in [-0.39, 0.29) is 11.7 Å². The Hall–Kier alpha value is -0.960. The van der Waals surface area contributed by atoms with Gasteiger partial charge in [-0.15, -0.1) is 0 Å². The predicted octanol–water partition coefficient (Wildman–Crippen LogP) is 3.50. The molecule has 1 aromatic carbocycles. The molecule has 0 atom stereocenters. The quantitative estimate of drug-likeness (QED) is 0.576. The first kappa shape index (κ1) is 15.0. The van der Waals surface area contributed by atoms with Gasteiger partial charge in [0.2, 0.25) is 5.91 Å². The molecule has 4 nitrogen and oxygen atoms in total. The number of carbonyl (C=O) groups is 1. The smallest absolute Gasteiger partial charge is 0.220 e. The van der Waals surface area contributed by atoms with Crippen molar-refractivity contribution in [2.24, 2.45) is 0 Å². The van der Waals surface area contributed by atoms with E-state index in [0.717, 1.165) is 23.9 Å². The zero-order valence-electron chi connectivity index (χ0n) is 11.3. The average Bonchev–Trinajstić information content (AvgIpc) is 3.18. The molecule has 1 aliphatic carbocycles. The van der Waals surface area contributed by atoms with Crippen LogP contribution in [0.4, 0.5) is 4.39 Å². The average molecular weight is 419 g/mol. The Bertz CT molecular complexity index is 750. The first-order valence-electron chi connectivity index (χ1n) is 6.91. The van der Waals surface area contributed by atoms with Gasteiger partial charge in [-0.2, -0.15) is 0 Å². The standard InChI is InChI=1S/C14H15FIN3OS/c15-9-6-12-11(7-10(9)16)18-14(21)19(12)5-1-2-13(20)17-8-3-4-8/h6-8H,1-5H2,(H,17,20)(H,18,21). The van der Waals surface area contributed by atoms with E-state index in [2.05, 4.69) is 10.3 Å². The number of nitrogens with one attached hydrogen (secondary N) is 2. The summed E-state index contributed by atoms with van der Waals surface area (Å²) in [5.41, 5.74) is 1.58. The monoisotopic (exact) mass is 419 g/mol. The molecule has 1 heterocycles. The fraction of sp³-hybridized carbons (Fsp3) is 0.429. The first-order valence-corrected chi connectivity index (χ1v) is 8.40. The molecule has 0 aliphatic heterocycles. The summed E-state index contributed by atoms with van der Waals surface area (Å²) in [5.74, 6) is -0.165. The number of fused-ring (bicyclic) bond motifs is 1. The third kappa shape index (κ3) is 3.45. The first-order chi connectivity index (χ1) is 10.0. The topological polar surface area (TPSA) is 49.8 Å². The second kappa shape index (κ2) is 6.04. The van der Waals surface area contributed by atoms with Gasteiger partial charge < -0.3 is 14.9 Å². The Morgan fingerprint density at radius 2 is 2.29 bits per heavy atom. The third-order valence-corrected chi connectivity index (χ3v) is 4.69. The third-order valence-electron chi connectivity index (χ3n) is 3.54. The number of carbonyl (C=O) groups excluding carboxylic acids is 1. The van der Waals surface area contributed by atoms with Crippen LogP contribution in [0.1, 0.15) is 25.7 Å². The second-order valence-corrected chi connectivity index (χ2v) is 6.86. The molecule has 0 bridgehead atoms. The van der Waals surface area contributed by atoms with Crippen LogP contribution < -0.4 is 5.32 Å². The molecule has 0 unspecified atom stereocenters. The molecule has 1 saturated carbocycles. The van der Waals surface area contributed by atoms with Crippen LogP contribution in [0.5, 0.6) is 0 Å². The van der Waals surface area contributed by atoms with Crippen molar-refractivity contribution in [1.82, 2.24) is 14.9 Å². The highest BCUT2D eigenvalue weighted by atomic mass is 127. The van der Waals surface area contributed by atoms with Gasteiger partial charge in [0, 0.05) is 25.1 Å². The summed E-state index contributed by atoms with van der Waals surface area (Å²) in [5, 5.41) is 2.96. The molecule has 0 radical (unpaired) electrons. The van der Waals surface area contributed by atoms with Crippen molar-refractivity contribution in [3.05, 3.63) is 26.3 Å². The lowest BCUT2D eigenvalue weighted by Gasteiger charge is -2.06. The van der Waals surface area contributed by atoms with Crippen molar-refractivity contribution in [2.45, 2.75) is 38.3 Å². The summed E-state index contributed by atoms with van der Waals surface area (Å²) in [7, 11) is 0. The van der Waals surface area contributed by atoms with Crippen molar-refractivity contribution < 1.29 is 9.18 Å². The maximum Gasteiger partial charge on any atom is 0.220 e. The molecular weight excluding hydrogens is 404 g/mol. The fourth-order valence-corrected chi connectivity index (χ4v) is 3.07. The number of H-pyrrole nitrogens is 1. The van der Waals surface area contributed by atoms with Crippen LogP contribution >= 0.6 is 34.8 Å². The van der Waals surface area contributed by atoms with Crippen LogP contribution in [0.25, 0.3) is 11.0 Å². The maximum atomic E-state index is 13.7. The van der Waals surface area contributed by atoms with Crippen LogP contribution in [-0.4, -0.2) is 21.5 Å². The van der Waals surface area contributed by atoms with Gasteiger partial charge >= 0.3 is 0 Å². The Morgan fingerprint density at radius 3 is 3.00 bits per heavy atom. The van der Waals surface area contributed by atoms with Crippen LogP contribution in [0, 0.1) is 14.2 Å². The van der Waals surface area contributed by atoms with Crippen LogP contribution in [0.15, 0.2) is 12.1 Å². The highest BCUT2D eigenvalue weighted by molar-refractivity contribution is 14.1. The van der Waals surface area contributed by atoms with Gasteiger partial charge in [0.15, 0.2) is 4.77 Å². The van der Waals surface area contributed by atoms with Gasteiger partial charge in [0.05, 0.1) is 14.6 Å². The molecule has 2 aromatic rings. The number of aromatic amines is 1. The summed E-state index contributed by atoms with van der Waals surface area (Å²) in [6.07, 6.45) is 3.35. The van der Waals surface area contributed by atoms with Crippen LogP contribution in [-0.2, 0) is 11.3 Å². The fourth-order valence-electron chi connectivity index (χ4n) is 2.30. The zero-order valence-corrected chi connectivity index (χ0v) is 14.3. The summed E-state index contributed by atoms with van der Waals surface area (Å²) in [4.78, 5) is 14.7. The molecular formula is C14H15FIN3OS. The molecule has 0 saturated heterocycles. The van der Waals surface area contributed by atoms with E-state index in [9.17, 15) is 9.18 Å². The summed E-state index contributed by atoms with van der Waals surface area (Å²) in [6.45, 7) is 0.608. The van der Waals surface area contributed by atoms with Crippen molar-refractivity contribution in [2.75, 3.05) is 0 Å². The zero-order chi connectivity index (χ0) is 15.0. The number of nitrogens with zero attached hydrogens (tertiary/aromatic N) is 1. The number of rotatable bonds is 5. The molecule has 1 aliphatic rings. The van der Waals surface area contributed by atoms with Crippen molar-refractivity contribution >= 4 is 51.7 Å². The molecule has 1 aromatic heterocycles. The van der Waals surface area contributed by atoms with E-state index in [1.807, 2.05) is 27.2 Å². The lowest BCUT2D eigenvalue weighted by Crippen LogP contribution is -2.25. The maximum absolute atomic E-state index is 13.7. The minimum Gasteiger partial charge on any atom is -0.353 e. The van der Waals surface area contributed by atoms with Crippen LogP contribution in [0.2, 0.25) is 0 Å². The van der Waals surface area contributed by atoms with Crippen molar-refractivity contribution in [1.29, 1.82) is 0 Å². The molecule has 112 valence electrons. The molecule has 1 amide bonds. The van der Waals surface area contributed by atoms with E-state index < -0.39 is 0 Å². The number of aryl methyl sites for hydroxylation is 1. The number of imidazole rings is 1. The van der Waals surface area contributed by atoms with Gasteiger partial charge in [0.1, 0.15) is 5.82 Å². The van der Waals surface area contributed by atoms with E-state index in [1.54, 1.807) is 6.07 Å². The summed E-state index contributed by atoms with van der Waals surface area (Å²) in [6, 6.07) is 3.63. The van der Waals surface area contributed by atoms with Gasteiger partial charge in [-0.3, -0.25) is 4.79 Å². The molecule has 0 spiro atoms. The van der Waals surface area contributed by atoms with E-state index in [4.69, 9.17) is 12.2 Å². The second-order valence-electron chi connectivity index (χ2n) is 5.31. The highest BCUT2D eigenvalue weighted by Crippen LogP contribution is 2.21. The van der Waals surface area contributed by atoms with E-state index >= 15 is 0 Å². The Kier molecular flexibility index (Phi) is 4.30. The number of benzene rings is 1. The van der Waals surface area contributed by atoms with Gasteiger partial charge in [-0.25, -0.2) is 4.39 Å². The highest BCUT2D eigenvalue weighted by Gasteiger charge is 2.22. The number of hydrogen-bond donors (Lipinski definition) is 2.